The lowest BCUT2D eigenvalue weighted by Gasteiger charge is -2.25. The minimum absolute atomic E-state index is 0.200. The van der Waals surface area contributed by atoms with Gasteiger partial charge >= 0.3 is 5.97 Å². The van der Waals surface area contributed by atoms with Gasteiger partial charge in [0, 0.05) is 21.2 Å². The second kappa shape index (κ2) is 12.3. The highest BCUT2D eigenvalue weighted by Crippen LogP contribution is 2.35. The highest BCUT2D eigenvalue weighted by atomic mass is 35.5. The van der Waals surface area contributed by atoms with Crippen LogP contribution in [0.2, 0.25) is 10.0 Å². The quantitative estimate of drug-likeness (QED) is 0.240. The van der Waals surface area contributed by atoms with Crippen LogP contribution in [0.1, 0.15) is 36.6 Å². The molecule has 0 fully saturated rings. The number of halogens is 2. The van der Waals surface area contributed by atoms with Gasteiger partial charge in [-0.2, -0.15) is 0 Å². The maximum atomic E-state index is 13.8. The number of para-hydroxylation sites is 1. The second-order valence-electron chi connectivity index (χ2n) is 9.14. The molecule has 0 saturated carbocycles. The maximum absolute atomic E-state index is 13.8. The molecule has 1 aliphatic heterocycles. The van der Waals surface area contributed by atoms with Gasteiger partial charge in [-0.3, -0.25) is 9.36 Å². The average molecular weight is 610 g/mol. The number of allylic oxidation sites excluding steroid dienone is 1. The number of aromatic nitrogens is 1. The fourth-order valence-corrected chi connectivity index (χ4v) is 6.10. The molecule has 7 nitrogen and oxygen atoms in total. The minimum atomic E-state index is -0.751. The molecule has 1 aliphatic rings. The maximum Gasteiger partial charge on any atom is 0.338 e. The van der Waals surface area contributed by atoms with Crippen LogP contribution in [-0.4, -0.2) is 24.3 Å². The highest BCUT2D eigenvalue weighted by molar-refractivity contribution is 7.07. The molecule has 210 valence electrons. The monoisotopic (exact) mass is 608 g/mol. The first kappa shape index (κ1) is 28.7. The fourth-order valence-electron chi connectivity index (χ4n) is 4.59. The van der Waals surface area contributed by atoms with Gasteiger partial charge in [-0.15, -0.1) is 0 Å². The molecule has 5 rings (SSSR count). The Morgan fingerprint density at radius 1 is 1.10 bits per heavy atom. The number of ether oxygens (including phenoxy) is 3. The molecule has 0 saturated heterocycles. The number of esters is 1. The van der Waals surface area contributed by atoms with Crippen LogP contribution in [0.15, 0.2) is 87.8 Å². The molecule has 10 heteroatoms. The van der Waals surface area contributed by atoms with Crippen LogP contribution >= 0.6 is 34.5 Å². The lowest BCUT2D eigenvalue weighted by atomic mass is 9.95. The van der Waals surface area contributed by atoms with E-state index in [1.165, 1.54) is 11.3 Å². The first-order chi connectivity index (χ1) is 19.8. The van der Waals surface area contributed by atoms with Crippen LogP contribution in [0.5, 0.6) is 11.5 Å². The van der Waals surface area contributed by atoms with Gasteiger partial charge in [0.2, 0.25) is 0 Å². The van der Waals surface area contributed by atoms with Crippen LogP contribution in [-0.2, 0) is 16.1 Å². The Hall–Kier alpha value is -3.85. The molecule has 0 amide bonds. The summed E-state index contributed by atoms with van der Waals surface area (Å²) in [6, 6.07) is 19.2. The van der Waals surface area contributed by atoms with E-state index in [1.54, 1.807) is 49.8 Å². The van der Waals surface area contributed by atoms with Gasteiger partial charge in [-0.1, -0.05) is 70.9 Å². The minimum Gasteiger partial charge on any atom is -0.496 e. The zero-order chi connectivity index (χ0) is 29.1. The largest absolute Gasteiger partial charge is 0.496 e. The molecule has 0 spiro atoms. The number of carbonyl (C=O) groups excluding carboxylic acids is 1. The van der Waals surface area contributed by atoms with Gasteiger partial charge in [-0.05, 0) is 55.8 Å². The summed E-state index contributed by atoms with van der Waals surface area (Å²) >= 11 is 13.5. The number of nitrogens with zero attached hydrogens (tertiary/aromatic N) is 2. The first-order valence-corrected chi connectivity index (χ1v) is 14.4. The Labute approximate surface area is 250 Å². The first-order valence-electron chi connectivity index (χ1n) is 12.8. The molecule has 4 aromatic rings. The van der Waals surface area contributed by atoms with Crippen molar-refractivity contribution < 1.29 is 19.0 Å². The number of carbonyl (C=O) groups is 1. The normalized spacial score (nSPS) is 14.9. The summed E-state index contributed by atoms with van der Waals surface area (Å²) in [5.74, 6) is 0.689. The Morgan fingerprint density at radius 3 is 2.56 bits per heavy atom. The van der Waals surface area contributed by atoms with Gasteiger partial charge in [0.05, 0.1) is 29.5 Å². The summed E-state index contributed by atoms with van der Waals surface area (Å²) in [6.45, 7) is 3.98. The summed E-state index contributed by atoms with van der Waals surface area (Å²) in [7, 11) is 1.56. The van der Waals surface area contributed by atoms with Crippen molar-refractivity contribution >= 4 is 46.6 Å². The van der Waals surface area contributed by atoms with Crippen LogP contribution in [0.4, 0.5) is 0 Å². The number of rotatable bonds is 8. The van der Waals surface area contributed by atoms with Crippen molar-refractivity contribution in [3.63, 3.8) is 0 Å². The number of thiazole rings is 1. The van der Waals surface area contributed by atoms with Gasteiger partial charge < -0.3 is 14.2 Å². The number of hydrogen-bond acceptors (Lipinski definition) is 7. The lowest BCUT2D eigenvalue weighted by Crippen LogP contribution is -2.40. The molecule has 2 heterocycles. The Bertz CT molecular complexity index is 1830. The third kappa shape index (κ3) is 5.95. The fraction of sp³-hybridized carbons (Fsp3) is 0.194. The van der Waals surface area contributed by atoms with Crippen LogP contribution in [0, 0.1) is 0 Å². The van der Waals surface area contributed by atoms with Crippen LogP contribution in [0.3, 0.4) is 0 Å². The molecular weight excluding hydrogens is 583 g/mol. The van der Waals surface area contributed by atoms with Crippen LogP contribution in [0.25, 0.3) is 6.08 Å². The third-order valence-corrected chi connectivity index (χ3v) is 8.11. The molecule has 0 aliphatic carbocycles. The van der Waals surface area contributed by atoms with E-state index in [-0.39, 0.29) is 12.2 Å². The molecule has 1 atom stereocenters. The van der Waals surface area contributed by atoms with Crippen molar-refractivity contribution in [2.75, 3.05) is 13.7 Å². The number of benzene rings is 3. The van der Waals surface area contributed by atoms with E-state index in [0.717, 1.165) is 11.1 Å². The summed E-state index contributed by atoms with van der Waals surface area (Å²) in [6.07, 6.45) is 1.80. The Kier molecular flexibility index (Phi) is 8.63. The van der Waals surface area contributed by atoms with Crippen LogP contribution < -0.4 is 24.4 Å². The number of methoxy groups -OCH3 is 1. The van der Waals surface area contributed by atoms with E-state index in [0.29, 0.717) is 54.3 Å². The van der Waals surface area contributed by atoms with Gasteiger partial charge in [0.25, 0.3) is 5.56 Å². The van der Waals surface area contributed by atoms with Crippen molar-refractivity contribution in [3.8, 4) is 11.5 Å². The molecule has 0 N–H and O–H groups in total. The molecule has 0 unspecified atom stereocenters. The molecular formula is C31H26Cl2N2O5S. The van der Waals surface area contributed by atoms with Crippen molar-refractivity contribution in [2.24, 2.45) is 4.99 Å². The van der Waals surface area contributed by atoms with Crippen molar-refractivity contribution in [3.05, 3.63) is 124 Å². The zero-order valence-electron chi connectivity index (χ0n) is 22.5. The van der Waals surface area contributed by atoms with Crippen molar-refractivity contribution in [1.82, 2.24) is 4.57 Å². The SMILES string of the molecule is CCOC(=O)C1=C(C)N=c2s/c(=C/c3ccc(OCc4ccc(Cl)cc4Cl)cc3)c(=O)n2[C@H]1c1ccccc1OC. The predicted molar refractivity (Wildman–Crippen MR) is 161 cm³/mol. The molecule has 41 heavy (non-hydrogen) atoms. The van der Waals surface area contributed by atoms with Crippen molar-refractivity contribution in [2.45, 2.75) is 26.5 Å². The standard InChI is InChI=1S/C31H26Cl2N2O5S/c1-4-39-30(37)27-18(2)34-31-35(28(27)23-7-5-6-8-25(23)38-3)29(36)26(41-31)15-19-9-13-22(14-10-19)40-17-20-11-12-21(32)16-24(20)33/h5-16,28H,4,17H2,1-3H3/b26-15+/t28-/m0/s1. The van der Waals surface area contributed by atoms with E-state index in [2.05, 4.69) is 4.99 Å². The van der Waals surface area contributed by atoms with E-state index in [4.69, 9.17) is 37.4 Å². The average Bonchev–Trinajstić information content (AvgIpc) is 3.26. The lowest BCUT2D eigenvalue weighted by molar-refractivity contribution is -0.139. The topological polar surface area (TPSA) is 79.1 Å². The van der Waals surface area contributed by atoms with E-state index in [1.807, 2.05) is 48.5 Å². The number of fused-ring (bicyclic) bond motifs is 1. The summed E-state index contributed by atoms with van der Waals surface area (Å²) in [4.78, 5) is 32.0. The van der Waals surface area contributed by atoms with E-state index >= 15 is 0 Å². The Morgan fingerprint density at radius 2 is 1.85 bits per heavy atom. The molecule has 3 aromatic carbocycles. The molecule has 0 bridgehead atoms. The summed E-state index contributed by atoms with van der Waals surface area (Å²) < 4.78 is 18.9. The highest BCUT2D eigenvalue weighted by Gasteiger charge is 2.34. The van der Waals surface area contributed by atoms with E-state index < -0.39 is 12.0 Å². The van der Waals surface area contributed by atoms with Gasteiger partial charge in [-0.25, -0.2) is 9.79 Å². The predicted octanol–water partition coefficient (Wildman–Crippen LogP) is 5.69. The Balaban J connectivity index is 1.50. The second-order valence-corrected chi connectivity index (χ2v) is 11.0. The zero-order valence-corrected chi connectivity index (χ0v) is 24.8. The number of hydrogen-bond donors (Lipinski definition) is 0. The molecule has 0 radical (unpaired) electrons. The smallest absolute Gasteiger partial charge is 0.338 e. The van der Waals surface area contributed by atoms with Gasteiger partial charge in [0.1, 0.15) is 24.1 Å². The third-order valence-electron chi connectivity index (χ3n) is 6.54. The molecule has 1 aromatic heterocycles. The van der Waals surface area contributed by atoms with Crippen molar-refractivity contribution in [1.29, 1.82) is 0 Å². The summed E-state index contributed by atoms with van der Waals surface area (Å²) in [5, 5.41) is 1.10. The van der Waals surface area contributed by atoms with Gasteiger partial charge in [0.15, 0.2) is 4.80 Å². The summed E-state index contributed by atoms with van der Waals surface area (Å²) in [5.41, 5.74) is 2.83. The van der Waals surface area contributed by atoms with E-state index in [9.17, 15) is 9.59 Å².